The summed E-state index contributed by atoms with van der Waals surface area (Å²) in [6, 6.07) is 4.68. The van der Waals surface area contributed by atoms with Crippen LogP contribution in [0.25, 0.3) is 0 Å². The molecule has 1 aliphatic heterocycles. The summed E-state index contributed by atoms with van der Waals surface area (Å²) in [7, 11) is -3.18. The first-order chi connectivity index (χ1) is 14.3. The number of aliphatic imine (C=N–C) groups is 1. The monoisotopic (exact) mass is 439 g/mol. The molecule has 0 saturated heterocycles. The highest BCUT2D eigenvalue weighted by Gasteiger charge is 2.23. The Morgan fingerprint density at radius 3 is 2.83 bits per heavy atom. The fourth-order valence-electron chi connectivity index (χ4n) is 3.69. The van der Waals surface area contributed by atoms with Crippen molar-refractivity contribution in [1.29, 1.82) is 0 Å². The third-order valence-corrected chi connectivity index (χ3v) is 7.69. The molecule has 1 aliphatic carbocycles. The summed E-state index contributed by atoms with van der Waals surface area (Å²) in [5.41, 5.74) is 6.67. The van der Waals surface area contributed by atoms with Gasteiger partial charge in [-0.15, -0.1) is 0 Å². The number of sulfone groups is 1. The van der Waals surface area contributed by atoms with Gasteiger partial charge in [-0.1, -0.05) is 19.4 Å². The van der Waals surface area contributed by atoms with E-state index in [0.29, 0.717) is 24.9 Å². The van der Waals surface area contributed by atoms with Gasteiger partial charge in [-0.25, -0.2) is 12.8 Å². The number of benzene rings is 1. The second kappa shape index (κ2) is 10.5. The quantitative estimate of drug-likeness (QED) is 0.505. The van der Waals surface area contributed by atoms with Crippen molar-refractivity contribution in [3.63, 3.8) is 0 Å². The first kappa shape index (κ1) is 22.8. The Morgan fingerprint density at radius 2 is 2.10 bits per heavy atom. The molecule has 1 aromatic rings. The lowest BCUT2D eigenvalue weighted by atomic mass is 10.0. The lowest BCUT2D eigenvalue weighted by Gasteiger charge is -2.26. The summed E-state index contributed by atoms with van der Waals surface area (Å²) in [5.74, 6) is 0.993. The molecule has 0 bridgehead atoms. The van der Waals surface area contributed by atoms with E-state index in [2.05, 4.69) is 9.89 Å². The van der Waals surface area contributed by atoms with Gasteiger partial charge in [0.2, 0.25) is 0 Å². The standard InChI is InChI=1S/C22H34FN3O3S/c1-17(19-8-9-20(23)21(14-19)29-15-18-6-7-18)16-30(27,28)13-4-2-3-11-26-12-5-10-25-22(26)24/h8-9,14,17-18H,2-7,10-13,15-16H2,1H3,(H2,24,25)/t17-/m0/s1. The summed E-state index contributed by atoms with van der Waals surface area (Å²) < 4.78 is 44.7. The van der Waals surface area contributed by atoms with Crippen LogP contribution in [0.15, 0.2) is 23.2 Å². The number of unbranched alkanes of at least 4 members (excludes halogenated alkanes) is 2. The molecule has 30 heavy (non-hydrogen) atoms. The fourth-order valence-corrected chi connectivity index (χ4v) is 5.45. The van der Waals surface area contributed by atoms with E-state index in [1.165, 1.54) is 6.07 Å². The number of rotatable bonds is 12. The Kier molecular flexibility index (Phi) is 7.97. The topological polar surface area (TPSA) is 85.0 Å². The average molecular weight is 440 g/mol. The van der Waals surface area contributed by atoms with Crippen LogP contribution in [0, 0.1) is 11.7 Å². The van der Waals surface area contributed by atoms with Crippen LogP contribution in [0.2, 0.25) is 0 Å². The van der Waals surface area contributed by atoms with Crippen molar-refractivity contribution in [2.24, 2.45) is 16.6 Å². The van der Waals surface area contributed by atoms with Crippen LogP contribution in [0.1, 0.15) is 56.9 Å². The summed E-state index contributed by atoms with van der Waals surface area (Å²) in [5, 5.41) is 0. The highest BCUT2D eigenvalue weighted by molar-refractivity contribution is 7.91. The molecule has 0 unspecified atom stereocenters. The van der Waals surface area contributed by atoms with Crippen LogP contribution < -0.4 is 10.5 Å². The molecule has 168 valence electrons. The van der Waals surface area contributed by atoms with Gasteiger partial charge in [-0.3, -0.25) is 4.99 Å². The first-order valence-corrected chi connectivity index (χ1v) is 12.8. The summed E-state index contributed by atoms with van der Waals surface area (Å²) in [4.78, 5) is 6.30. The highest BCUT2D eigenvalue weighted by Crippen LogP contribution is 2.31. The lowest BCUT2D eigenvalue weighted by molar-refractivity contribution is 0.285. The second-order valence-electron chi connectivity index (χ2n) is 8.60. The van der Waals surface area contributed by atoms with Crippen molar-refractivity contribution >= 4 is 15.8 Å². The molecular weight excluding hydrogens is 405 g/mol. The minimum Gasteiger partial charge on any atom is -0.490 e. The number of hydrogen-bond donors (Lipinski definition) is 1. The fraction of sp³-hybridized carbons (Fsp3) is 0.682. The predicted octanol–water partition coefficient (Wildman–Crippen LogP) is 3.32. The molecule has 6 nitrogen and oxygen atoms in total. The highest BCUT2D eigenvalue weighted by atomic mass is 32.2. The molecule has 0 spiro atoms. The summed E-state index contributed by atoms with van der Waals surface area (Å²) in [6.07, 6.45) is 5.67. The van der Waals surface area contributed by atoms with Crippen LogP contribution in [0.4, 0.5) is 4.39 Å². The number of ether oxygens (including phenoxy) is 1. The Morgan fingerprint density at radius 1 is 1.30 bits per heavy atom. The molecule has 0 amide bonds. The maximum Gasteiger partial charge on any atom is 0.191 e. The van der Waals surface area contributed by atoms with E-state index < -0.39 is 15.7 Å². The van der Waals surface area contributed by atoms with E-state index in [4.69, 9.17) is 10.5 Å². The maximum atomic E-state index is 14.0. The van der Waals surface area contributed by atoms with E-state index >= 15 is 0 Å². The van der Waals surface area contributed by atoms with Gasteiger partial charge in [0.15, 0.2) is 27.4 Å². The van der Waals surface area contributed by atoms with Gasteiger partial charge in [0.25, 0.3) is 0 Å². The molecule has 1 fully saturated rings. The Bertz CT molecular complexity index is 840. The SMILES string of the molecule is C[C@@H](CS(=O)(=O)CCCCCN1CCCN=C1N)c1ccc(F)c(OCC2CC2)c1. The van der Waals surface area contributed by atoms with Gasteiger partial charge in [0.1, 0.15) is 0 Å². The average Bonchev–Trinajstić information content (AvgIpc) is 3.52. The van der Waals surface area contributed by atoms with Gasteiger partial charge in [-0.2, -0.15) is 0 Å². The number of nitrogens with zero attached hydrogens (tertiary/aromatic N) is 2. The van der Waals surface area contributed by atoms with Gasteiger partial charge in [-0.05, 0) is 61.6 Å². The first-order valence-electron chi connectivity index (χ1n) is 11.0. The minimum absolute atomic E-state index is 0.0619. The van der Waals surface area contributed by atoms with Crippen LogP contribution in [0.5, 0.6) is 5.75 Å². The molecule has 1 atom stereocenters. The number of nitrogens with two attached hydrogens (primary N) is 1. The van der Waals surface area contributed by atoms with E-state index in [9.17, 15) is 12.8 Å². The van der Waals surface area contributed by atoms with Gasteiger partial charge >= 0.3 is 0 Å². The van der Waals surface area contributed by atoms with Crippen molar-refractivity contribution < 1.29 is 17.5 Å². The molecule has 2 N–H and O–H groups in total. The smallest absolute Gasteiger partial charge is 0.191 e. The van der Waals surface area contributed by atoms with Crippen LogP contribution in [-0.4, -0.2) is 57.0 Å². The molecule has 2 aliphatic rings. The van der Waals surface area contributed by atoms with Crippen molar-refractivity contribution in [3.05, 3.63) is 29.6 Å². The number of hydrogen-bond acceptors (Lipinski definition) is 6. The number of halogens is 1. The van der Waals surface area contributed by atoms with Crippen molar-refractivity contribution in [3.8, 4) is 5.75 Å². The maximum absolute atomic E-state index is 14.0. The normalized spacial score (nSPS) is 18.2. The molecular formula is C22H34FN3O3S. The molecule has 1 aromatic carbocycles. The lowest BCUT2D eigenvalue weighted by Crippen LogP contribution is -2.41. The Labute approximate surface area is 179 Å². The Balaban J connectivity index is 1.42. The third kappa shape index (κ3) is 7.15. The second-order valence-corrected chi connectivity index (χ2v) is 10.8. The van der Waals surface area contributed by atoms with E-state index in [1.54, 1.807) is 12.1 Å². The van der Waals surface area contributed by atoms with Crippen molar-refractivity contribution in [2.45, 2.75) is 51.4 Å². The van der Waals surface area contributed by atoms with Gasteiger partial charge in [0.05, 0.1) is 18.1 Å². The molecule has 0 aromatic heterocycles. The van der Waals surface area contributed by atoms with Crippen molar-refractivity contribution in [1.82, 2.24) is 4.90 Å². The predicted molar refractivity (Wildman–Crippen MR) is 118 cm³/mol. The summed E-state index contributed by atoms with van der Waals surface area (Å²) in [6.45, 7) is 4.94. The largest absolute Gasteiger partial charge is 0.490 e. The minimum atomic E-state index is -3.18. The number of guanidine groups is 1. The molecule has 8 heteroatoms. The molecule has 1 heterocycles. The zero-order chi connectivity index (χ0) is 21.6. The van der Waals surface area contributed by atoms with E-state index in [-0.39, 0.29) is 23.2 Å². The molecule has 0 radical (unpaired) electrons. The third-order valence-electron chi connectivity index (χ3n) is 5.77. The van der Waals surface area contributed by atoms with Crippen LogP contribution in [-0.2, 0) is 9.84 Å². The summed E-state index contributed by atoms with van der Waals surface area (Å²) >= 11 is 0. The van der Waals surface area contributed by atoms with Crippen molar-refractivity contribution in [2.75, 3.05) is 37.7 Å². The molecule has 3 rings (SSSR count). The van der Waals surface area contributed by atoms with E-state index in [0.717, 1.165) is 57.3 Å². The Hall–Kier alpha value is -1.83. The van der Waals surface area contributed by atoms with Gasteiger partial charge in [0, 0.05) is 19.6 Å². The van der Waals surface area contributed by atoms with Crippen LogP contribution >= 0.6 is 0 Å². The zero-order valence-corrected chi connectivity index (χ0v) is 18.7. The van der Waals surface area contributed by atoms with E-state index in [1.807, 2.05) is 6.92 Å². The molecule has 1 saturated carbocycles. The zero-order valence-electron chi connectivity index (χ0n) is 17.9. The van der Waals surface area contributed by atoms with Gasteiger partial charge < -0.3 is 15.4 Å². The van der Waals surface area contributed by atoms with Crippen LogP contribution in [0.3, 0.4) is 0 Å².